The van der Waals surface area contributed by atoms with E-state index in [9.17, 15) is 9.59 Å². The summed E-state index contributed by atoms with van der Waals surface area (Å²) in [5.41, 5.74) is 6.43. The van der Waals surface area contributed by atoms with Crippen molar-refractivity contribution in [1.82, 2.24) is 39.5 Å². The van der Waals surface area contributed by atoms with E-state index in [2.05, 4.69) is 106 Å². The van der Waals surface area contributed by atoms with Crippen LogP contribution in [0, 0.1) is 11.8 Å². The molecular weight excluding hydrogens is 721 g/mol. The van der Waals surface area contributed by atoms with Crippen LogP contribution in [-0.2, 0) is 9.59 Å². The van der Waals surface area contributed by atoms with Gasteiger partial charge in [0.2, 0.25) is 11.8 Å². The van der Waals surface area contributed by atoms with Crippen LogP contribution in [0.1, 0.15) is 128 Å². The number of carbonyl (C=O) groups is 2. The lowest BCUT2D eigenvalue weighted by Gasteiger charge is -2.37. The van der Waals surface area contributed by atoms with Crippen LogP contribution >= 0.6 is 0 Å². The number of imidazole rings is 2. The van der Waals surface area contributed by atoms with Gasteiger partial charge in [-0.05, 0) is 125 Å². The number of rotatable bonds is 13. The average molecular weight is 787 g/mol. The number of aromatic nitrogens is 4. The van der Waals surface area contributed by atoms with Gasteiger partial charge in [0, 0.05) is 37.0 Å². The quantitative estimate of drug-likeness (QED) is 0.140. The van der Waals surface area contributed by atoms with E-state index >= 15 is 0 Å². The maximum Gasteiger partial charge on any atom is 0.226 e. The van der Waals surface area contributed by atoms with E-state index in [1.54, 1.807) is 0 Å². The molecule has 4 aromatic rings. The van der Waals surface area contributed by atoms with Gasteiger partial charge >= 0.3 is 0 Å². The van der Waals surface area contributed by atoms with E-state index in [1.165, 1.54) is 0 Å². The molecule has 2 aliphatic carbocycles. The molecule has 4 aliphatic rings. The number of nitrogens with zero attached hydrogens (tertiary/aromatic N) is 6. The first-order chi connectivity index (χ1) is 28.4. The second kappa shape index (κ2) is 18.3. The number of nitrogens with one attached hydrogen (secondary N) is 2. The Labute approximate surface area is 346 Å². The van der Waals surface area contributed by atoms with Crippen LogP contribution in [0.4, 0.5) is 0 Å². The van der Waals surface area contributed by atoms with Crippen molar-refractivity contribution in [2.24, 2.45) is 11.8 Å². The van der Waals surface area contributed by atoms with Gasteiger partial charge in [-0.3, -0.25) is 9.59 Å². The minimum absolute atomic E-state index is 0.0257. The molecule has 8 rings (SSSR count). The molecule has 2 N–H and O–H groups in total. The van der Waals surface area contributed by atoms with Crippen molar-refractivity contribution >= 4 is 11.8 Å². The molecule has 2 amide bonds. The van der Waals surface area contributed by atoms with E-state index in [-0.39, 0.29) is 23.9 Å². The van der Waals surface area contributed by atoms with Crippen LogP contribution in [0.5, 0.6) is 0 Å². The molecule has 0 spiro atoms. The van der Waals surface area contributed by atoms with Gasteiger partial charge in [0.05, 0.1) is 35.9 Å². The van der Waals surface area contributed by atoms with Gasteiger partial charge in [-0.2, -0.15) is 0 Å². The lowest BCUT2D eigenvalue weighted by atomic mass is 9.84. The Kier molecular flexibility index (Phi) is 12.8. The van der Waals surface area contributed by atoms with Crippen molar-refractivity contribution in [3.63, 3.8) is 0 Å². The summed E-state index contributed by atoms with van der Waals surface area (Å²) in [6.45, 7) is 15.0. The van der Waals surface area contributed by atoms with Crippen LogP contribution in [0.2, 0.25) is 0 Å². The Hall–Kier alpha value is -4.28. The van der Waals surface area contributed by atoms with Crippen LogP contribution in [0.3, 0.4) is 0 Å². The number of hydrogen-bond donors (Lipinski definition) is 2. The monoisotopic (exact) mass is 787 g/mol. The number of likely N-dealkylation sites (tertiary alicyclic amines) is 2. The van der Waals surface area contributed by atoms with Gasteiger partial charge in [0.15, 0.2) is 0 Å². The van der Waals surface area contributed by atoms with Crippen LogP contribution < -0.4 is 0 Å². The molecule has 2 aromatic carbocycles. The predicted octanol–water partition coefficient (Wildman–Crippen LogP) is 9.26. The molecule has 58 heavy (non-hydrogen) atoms. The zero-order valence-corrected chi connectivity index (χ0v) is 35.5. The van der Waals surface area contributed by atoms with Crippen LogP contribution in [0.25, 0.3) is 33.6 Å². The molecule has 4 fully saturated rings. The van der Waals surface area contributed by atoms with E-state index < -0.39 is 0 Å². The lowest BCUT2D eigenvalue weighted by Crippen LogP contribution is -2.42. The SMILES string of the molecule is CCN(CC)[C@H]1CC[C@@H](C(=O)N2CCC[C@H]2c2ncc(-c3ccc(-c4ccc(-c5cnc([C@@H]6CCCN6C(=O)[C@H]6CC[C@@H](N(CC)CC)CC6)[nH]5)cc4)cc3)[nH]2)CC1. The van der Waals surface area contributed by atoms with Gasteiger partial charge in [-0.1, -0.05) is 76.2 Å². The van der Waals surface area contributed by atoms with Gasteiger partial charge in [0.1, 0.15) is 11.6 Å². The molecule has 2 saturated heterocycles. The summed E-state index contributed by atoms with van der Waals surface area (Å²) in [5.74, 6) is 2.73. The van der Waals surface area contributed by atoms with Crippen LogP contribution in [0.15, 0.2) is 60.9 Å². The summed E-state index contributed by atoms with van der Waals surface area (Å²) in [7, 11) is 0. The second-order valence-electron chi connectivity index (χ2n) is 17.4. The molecule has 2 atom stereocenters. The number of carbonyl (C=O) groups excluding carboxylic acids is 2. The number of benzene rings is 2. The molecular formula is C48H66N8O2. The summed E-state index contributed by atoms with van der Waals surface area (Å²) < 4.78 is 0. The molecule has 0 unspecified atom stereocenters. The largest absolute Gasteiger partial charge is 0.340 e. The van der Waals surface area contributed by atoms with Crippen molar-refractivity contribution in [2.75, 3.05) is 39.3 Å². The van der Waals surface area contributed by atoms with E-state index in [1.807, 2.05) is 12.4 Å². The third kappa shape index (κ3) is 8.42. The second-order valence-corrected chi connectivity index (χ2v) is 17.4. The molecule has 2 saturated carbocycles. The van der Waals surface area contributed by atoms with Crippen molar-refractivity contribution in [2.45, 2.75) is 129 Å². The highest BCUT2D eigenvalue weighted by Crippen LogP contribution is 2.38. The highest BCUT2D eigenvalue weighted by atomic mass is 16.2. The summed E-state index contributed by atoms with van der Waals surface area (Å²) in [6, 6.07) is 18.6. The van der Waals surface area contributed by atoms with Gasteiger partial charge in [0.25, 0.3) is 0 Å². The third-order valence-corrected chi connectivity index (χ3v) is 14.4. The van der Waals surface area contributed by atoms with E-state index in [0.717, 1.165) is 162 Å². The molecule has 10 nitrogen and oxygen atoms in total. The molecule has 2 aromatic heterocycles. The maximum absolute atomic E-state index is 13.8. The summed E-state index contributed by atoms with van der Waals surface area (Å²) in [5, 5.41) is 0. The minimum atomic E-state index is 0.0257. The first kappa shape index (κ1) is 40.5. The first-order valence-electron chi connectivity index (χ1n) is 22.8. The fourth-order valence-electron chi connectivity index (χ4n) is 10.9. The van der Waals surface area contributed by atoms with E-state index in [4.69, 9.17) is 9.97 Å². The van der Waals surface area contributed by atoms with Gasteiger partial charge in [-0.15, -0.1) is 0 Å². The van der Waals surface area contributed by atoms with Crippen molar-refractivity contribution in [3.8, 4) is 33.6 Å². The molecule has 2 aliphatic heterocycles. The number of amides is 2. The van der Waals surface area contributed by atoms with Gasteiger partial charge in [-0.25, -0.2) is 9.97 Å². The normalized spacial score (nSPS) is 25.3. The Bertz CT molecular complexity index is 1800. The topological polar surface area (TPSA) is 104 Å². The van der Waals surface area contributed by atoms with Crippen molar-refractivity contribution < 1.29 is 9.59 Å². The zero-order chi connectivity index (χ0) is 40.2. The molecule has 310 valence electrons. The first-order valence-corrected chi connectivity index (χ1v) is 22.8. The van der Waals surface area contributed by atoms with E-state index in [0.29, 0.717) is 23.9 Å². The molecule has 4 heterocycles. The van der Waals surface area contributed by atoms with Crippen molar-refractivity contribution in [3.05, 3.63) is 72.6 Å². The van der Waals surface area contributed by atoms with Crippen molar-refractivity contribution in [1.29, 1.82) is 0 Å². The Morgan fingerprint density at radius 2 is 0.879 bits per heavy atom. The number of hydrogen-bond acceptors (Lipinski definition) is 6. The Balaban J connectivity index is 0.865. The van der Waals surface area contributed by atoms with Gasteiger partial charge < -0.3 is 29.6 Å². The maximum atomic E-state index is 13.8. The molecule has 0 radical (unpaired) electrons. The van der Waals surface area contributed by atoms with Crippen LogP contribution in [-0.4, -0.2) is 103 Å². The summed E-state index contributed by atoms with van der Waals surface area (Å²) >= 11 is 0. The standard InChI is InChI=1S/C48H66N8O2/c1-5-53(6-2)39-25-21-37(22-26-39)47(57)55-29-9-11-43(55)45-49-31-41(51-45)35-17-13-33(14-18-35)34-15-19-36(20-16-34)42-32-50-46(52-42)44-12-10-30-56(44)48(58)38-23-27-40(28-24-38)54(7-3)8-4/h13-20,31-32,37-40,43-44H,5-12,21-30H2,1-4H3,(H,49,51)(H,50,52)/t37-,38-,39+,40+,43-,44-/m0/s1. The number of H-pyrrole nitrogens is 2. The molecule has 0 bridgehead atoms. The predicted molar refractivity (Wildman–Crippen MR) is 232 cm³/mol. The number of aromatic amines is 2. The fourth-order valence-corrected chi connectivity index (χ4v) is 10.9. The summed E-state index contributed by atoms with van der Waals surface area (Å²) in [6.07, 6.45) is 16.3. The average Bonchev–Trinajstić information content (AvgIpc) is 4.12. The minimum Gasteiger partial charge on any atom is -0.340 e. The fraction of sp³-hybridized carbons (Fsp3) is 0.583. The Morgan fingerprint density at radius 3 is 1.22 bits per heavy atom. The smallest absolute Gasteiger partial charge is 0.226 e. The highest BCUT2D eigenvalue weighted by Gasteiger charge is 2.39. The summed E-state index contributed by atoms with van der Waals surface area (Å²) in [4.78, 5) is 53.7. The zero-order valence-electron chi connectivity index (χ0n) is 35.5. The highest BCUT2D eigenvalue weighted by molar-refractivity contribution is 5.80. The molecule has 10 heteroatoms. The Morgan fingerprint density at radius 1 is 0.534 bits per heavy atom. The lowest BCUT2D eigenvalue weighted by molar-refractivity contribution is -0.138. The third-order valence-electron chi connectivity index (χ3n) is 14.4.